The fraction of sp³-hybridized carbons (Fsp3) is 0.357. The summed E-state index contributed by atoms with van der Waals surface area (Å²) in [4.78, 5) is 4.27. The van der Waals surface area contributed by atoms with Crippen molar-refractivity contribution in [2.45, 2.75) is 25.8 Å². The lowest BCUT2D eigenvalue weighted by atomic mass is 10.1. The Balaban J connectivity index is 2.34. The molecule has 3 nitrogen and oxygen atoms in total. The van der Waals surface area contributed by atoms with E-state index in [0.717, 1.165) is 23.0 Å². The minimum Gasteiger partial charge on any atom is -0.328 e. The number of benzene rings is 1. The van der Waals surface area contributed by atoms with Gasteiger partial charge in [-0.1, -0.05) is 41.4 Å². The maximum Gasteiger partial charge on any atom is 0.0954 e. The van der Waals surface area contributed by atoms with Gasteiger partial charge in [0.05, 0.1) is 18.2 Å². The van der Waals surface area contributed by atoms with Gasteiger partial charge in [-0.05, 0) is 24.1 Å². The molecule has 4 heteroatoms. The lowest BCUT2D eigenvalue weighted by molar-refractivity contribution is 0.473. The van der Waals surface area contributed by atoms with Crippen LogP contribution < -0.4 is 5.73 Å². The highest BCUT2D eigenvalue weighted by Crippen LogP contribution is 2.25. The van der Waals surface area contributed by atoms with E-state index in [0.29, 0.717) is 12.6 Å². The molecule has 18 heavy (non-hydrogen) atoms. The van der Waals surface area contributed by atoms with E-state index in [2.05, 4.69) is 44.5 Å². The maximum atomic E-state index is 5.87. The van der Waals surface area contributed by atoms with Crippen LogP contribution in [0.15, 0.2) is 41.3 Å². The Labute approximate surface area is 116 Å². The Bertz CT molecular complexity index is 490. The SMILES string of the molecule is CCCC(CN)n1cncc1-c1ccc(Br)cc1. The highest BCUT2D eigenvalue weighted by atomic mass is 79.9. The first-order valence-electron chi connectivity index (χ1n) is 6.24. The molecule has 0 aliphatic carbocycles. The summed E-state index contributed by atoms with van der Waals surface area (Å²) in [6.07, 6.45) is 5.99. The summed E-state index contributed by atoms with van der Waals surface area (Å²) >= 11 is 3.45. The van der Waals surface area contributed by atoms with Crippen LogP contribution in [0.3, 0.4) is 0 Å². The minimum absolute atomic E-state index is 0.330. The zero-order valence-corrected chi connectivity index (χ0v) is 12.1. The van der Waals surface area contributed by atoms with Gasteiger partial charge in [-0.15, -0.1) is 0 Å². The fourth-order valence-electron chi connectivity index (χ4n) is 2.14. The molecule has 0 spiro atoms. The first kappa shape index (κ1) is 13.3. The average Bonchev–Trinajstić information content (AvgIpc) is 2.86. The predicted octanol–water partition coefficient (Wildman–Crippen LogP) is 3.61. The van der Waals surface area contributed by atoms with Crippen molar-refractivity contribution in [3.05, 3.63) is 41.3 Å². The topological polar surface area (TPSA) is 43.8 Å². The van der Waals surface area contributed by atoms with Crippen molar-refractivity contribution >= 4 is 15.9 Å². The van der Waals surface area contributed by atoms with E-state index in [1.165, 1.54) is 5.56 Å². The molecule has 0 saturated carbocycles. The Kier molecular flexibility index (Phi) is 4.55. The zero-order valence-electron chi connectivity index (χ0n) is 10.5. The molecule has 0 saturated heterocycles. The molecule has 1 atom stereocenters. The lowest BCUT2D eigenvalue weighted by Gasteiger charge is -2.18. The van der Waals surface area contributed by atoms with Gasteiger partial charge in [-0.2, -0.15) is 0 Å². The van der Waals surface area contributed by atoms with E-state index in [9.17, 15) is 0 Å². The Morgan fingerprint density at radius 2 is 2.06 bits per heavy atom. The van der Waals surface area contributed by atoms with Gasteiger partial charge in [-0.3, -0.25) is 0 Å². The molecule has 0 bridgehead atoms. The van der Waals surface area contributed by atoms with Gasteiger partial charge >= 0.3 is 0 Å². The molecule has 2 rings (SSSR count). The summed E-state index contributed by atoms with van der Waals surface area (Å²) in [6.45, 7) is 2.83. The first-order chi connectivity index (χ1) is 8.76. The average molecular weight is 308 g/mol. The molecule has 0 aliphatic rings. The molecule has 0 radical (unpaired) electrons. The molecular formula is C14H18BrN3. The van der Waals surface area contributed by atoms with Gasteiger partial charge in [0.1, 0.15) is 0 Å². The van der Waals surface area contributed by atoms with Crippen molar-refractivity contribution < 1.29 is 0 Å². The summed E-state index contributed by atoms with van der Waals surface area (Å²) < 4.78 is 3.27. The van der Waals surface area contributed by atoms with Crippen LogP contribution in [0.4, 0.5) is 0 Å². The smallest absolute Gasteiger partial charge is 0.0954 e. The van der Waals surface area contributed by atoms with E-state index in [1.54, 1.807) is 0 Å². The number of nitrogens with two attached hydrogens (primary N) is 1. The summed E-state index contributed by atoms with van der Waals surface area (Å²) in [5.74, 6) is 0. The quantitative estimate of drug-likeness (QED) is 0.917. The van der Waals surface area contributed by atoms with Crippen LogP contribution in [0, 0.1) is 0 Å². The third kappa shape index (κ3) is 2.82. The normalized spacial score (nSPS) is 12.6. The number of halogens is 1. The Morgan fingerprint density at radius 1 is 1.33 bits per heavy atom. The highest BCUT2D eigenvalue weighted by molar-refractivity contribution is 9.10. The highest BCUT2D eigenvalue weighted by Gasteiger charge is 2.13. The Morgan fingerprint density at radius 3 is 2.67 bits per heavy atom. The first-order valence-corrected chi connectivity index (χ1v) is 7.03. The van der Waals surface area contributed by atoms with Crippen molar-refractivity contribution in [2.24, 2.45) is 5.73 Å². The summed E-state index contributed by atoms with van der Waals surface area (Å²) in [7, 11) is 0. The number of aromatic nitrogens is 2. The number of hydrogen-bond donors (Lipinski definition) is 1. The van der Waals surface area contributed by atoms with Crippen molar-refractivity contribution in [3.8, 4) is 11.3 Å². The number of nitrogens with zero attached hydrogens (tertiary/aromatic N) is 2. The largest absolute Gasteiger partial charge is 0.328 e. The van der Waals surface area contributed by atoms with Gasteiger partial charge in [-0.25, -0.2) is 4.98 Å². The van der Waals surface area contributed by atoms with Gasteiger partial charge in [0, 0.05) is 17.1 Å². The van der Waals surface area contributed by atoms with Gasteiger partial charge in [0.15, 0.2) is 0 Å². The van der Waals surface area contributed by atoms with E-state index >= 15 is 0 Å². The van der Waals surface area contributed by atoms with Crippen molar-refractivity contribution in [2.75, 3.05) is 6.54 Å². The molecule has 0 fully saturated rings. The number of imidazole rings is 1. The Hall–Kier alpha value is -1.13. The molecule has 0 aliphatic heterocycles. The van der Waals surface area contributed by atoms with Gasteiger partial charge < -0.3 is 10.3 Å². The lowest BCUT2D eigenvalue weighted by Crippen LogP contribution is -2.19. The number of hydrogen-bond acceptors (Lipinski definition) is 2. The summed E-state index contributed by atoms with van der Waals surface area (Å²) in [6, 6.07) is 8.61. The van der Waals surface area contributed by atoms with Crippen molar-refractivity contribution in [1.82, 2.24) is 9.55 Å². The third-order valence-electron chi connectivity index (χ3n) is 3.09. The van der Waals surface area contributed by atoms with E-state index < -0.39 is 0 Å². The van der Waals surface area contributed by atoms with Crippen molar-refractivity contribution in [1.29, 1.82) is 0 Å². The number of rotatable bonds is 5. The molecule has 1 heterocycles. The standard InChI is InChI=1S/C14H18BrN3/c1-2-3-13(8-16)18-10-17-9-14(18)11-4-6-12(15)7-5-11/h4-7,9-10,13H,2-3,8,16H2,1H3. The van der Waals surface area contributed by atoms with Crippen LogP contribution in [0.25, 0.3) is 11.3 Å². The second-order valence-corrected chi connectivity index (χ2v) is 5.29. The van der Waals surface area contributed by atoms with Crippen LogP contribution >= 0.6 is 15.9 Å². The van der Waals surface area contributed by atoms with Crippen molar-refractivity contribution in [3.63, 3.8) is 0 Å². The summed E-state index contributed by atoms with van der Waals surface area (Å²) in [5.41, 5.74) is 8.17. The van der Waals surface area contributed by atoms with Gasteiger partial charge in [0.25, 0.3) is 0 Å². The van der Waals surface area contributed by atoms with Crippen LogP contribution in [-0.4, -0.2) is 16.1 Å². The van der Waals surface area contributed by atoms with E-state index in [4.69, 9.17) is 5.73 Å². The molecule has 96 valence electrons. The van der Waals surface area contributed by atoms with Crippen LogP contribution in [-0.2, 0) is 0 Å². The molecular weight excluding hydrogens is 290 g/mol. The van der Waals surface area contributed by atoms with Crippen LogP contribution in [0.5, 0.6) is 0 Å². The molecule has 1 unspecified atom stereocenters. The third-order valence-corrected chi connectivity index (χ3v) is 3.62. The molecule has 1 aromatic heterocycles. The fourth-order valence-corrected chi connectivity index (χ4v) is 2.41. The van der Waals surface area contributed by atoms with Gasteiger partial charge in [0.2, 0.25) is 0 Å². The predicted molar refractivity (Wildman–Crippen MR) is 78.4 cm³/mol. The second kappa shape index (κ2) is 6.16. The monoisotopic (exact) mass is 307 g/mol. The second-order valence-electron chi connectivity index (χ2n) is 4.37. The summed E-state index contributed by atoms with van der Waals surface area (Å²) in [5, 5.41) is 0. The van der Waals surface area contributed by atoms with Crippen LogP contribution in [0.1, 0.15) is 25.8 Å². The van der Waals surface area contributed by atoms with E-state index in [1.807, 2.05) is 24.7 Å². The molecule has 2 N–H and O–H groups in total. The minimum atomic E-state index is 0.330. The zero-order chi connectivity index (χ0) is 13.0. The van der Waals surface area contributed by atoms with E-state index in [-0.39, 0.29) is 0 Å². The van der Waals surface area contributed by atoms with Crippen LogP contribution in [0.2, 0.25) is 0 Å². The molecule has 2 aromatic rings. The molecule has 1 aromatic carbocycles. The maximum absolute atomic E-state index is 5.87. The molecule has 0 amide bonds.